The molecule has 0 spiro atoms. The minimum Gasteiger partial charge on any atom is -0.494 e. The molecule has 0 aromatic heterocycles. The molecule has 12 heteroatoms. The molecule has 4 amide bonds. The number of nitrogens with zero attached hydrogens (tertiary/aromatic N) is 1. The molecule has 3 aliphatic heterocycles. The van der Waals surface area contributed by atoms with Gasteiger partial charge in [-0.2, -0.15) is 0 Å². The molecule has 12 nitrogen and oxygen atoms in total. The van der Waals surface area contributed by atoms with Crippen molar-refractivity contribution in [2.45, 2.75) is 57.7 Å². The number of ether oxygens (including phenoxy) is 2. The average Bonchev–Trinajstić information content (AvgIpc) is 3.30. The highest BCUT2D eigenvalue weighted by Gasteiger charge is 2.47. The van der Waals surface area contributed by atoms with Crippen molar-refractivity contribution in [2.24, 2.45) is 11.8 Å². The smallest absolute Gasteiger partial charge is 0.407 e. The van der Waals surface area contributed by atoms with Gasteiger partial charge in [-0.15, -0.1) is 0 Å². The van der Waals surface area contributed by atoms with E-state index in [1.807, 2.05) is 49.4 Å². The minimum atomic E-state index is -1.04. The molecule has 4 N–H and O–H groups in total. The van der Waals surface area contributed by atoms with E-state index in [0.717, 1.165) is 11.1 Å². The maximum atomic E-state index is 13.6. The highest BCUT2D eigenvalue weighted by atomic mass is 16.5. The van der Waals surface area contributed by atoms with Crippen molar-refractivity contribution >= 4 is 29.8 Å². The fourth-order valence-electron chi connectivity index (χ4n) is 5.67. The summed E-state index contributed by atoms with van der Waals surface area (Å²) < 4.78 is 10.9. The van der Waals surface area contributed by atoms with Gasteiger partial charge in [0.2, 0.25) is 17.7 Å². The van der Waals surface area contributed by atoms with Crippen LogP contribution in [-0.2, 0) is 36.9 Å². The fraction of sp³-hybridized carbons (Fsp3) is 0.469. The highest BCUT2D eigenvalue weighted by Crippen LogP contribution is 2.35. The maximum Gasteiger partial charge on any atom is 0.407 e. The maximum absolute atomic E-state index is 13.6. The van der Waals surface area contributed by atoms with E-state index in [1.165, 1.54) is 4.90 Å². The number of carboxylic acid groups (broad SMARTS) is 1. The van der Waals surface area contributed by atoms with Gasteiger partial charge < -0.3 is 35.4 Å². The first kappa shape index (κ1) is 32.3. The molecule has 4 bridgehead atoms. The Bertz CT molecular complexity index is 1300. The lowest BCUT2D eigenvalue weighted by Gasteiger charge is -2.31. The number of carbonyl (C=O) groups excluding carboxylic acids is 4. The number of aliphatic carboxylic acids is 1. The molecule has 0 aliphatic carbocycles. The lowest BCUT2D eigenvalue weighted by atomic mass is 9.86. The van der Waals surface area contributed by atoms with Gasteiger partial charge in [0.1, 0.15) is 18.4 Å². The summed E-state index contributed by atoms with van der Waals surface area (Å²) in [6, 6.07) is 15.3. The van der Waals surface area contributed by atoms with E-state index in [0.29, 0.717) is 38.2 Å². The number of nitrogens with one attached hydrogen (secondary N) is 3. The SMILES string of the molecule is CC1C[C@H]2C(=O)N1C(C(=O)NCC(=O)NCCCNC(=O)OCc1ccccc1)Cc1ccc(cc1)OCCC[C@@H]2C(=O)O. The van der Waals surface area contributed by atoms with Gasteiger partial charge in [-0.25, -0.2) is 4.79 Å². The Labute approximate surface area is 256 Å². The molecule has 236 valence electrons. The van der Waals surface area contributed by atoms with E-state index >= 15 is 0 Å². The number of carbonyl (C=O) groups is 5. The first-order chi connectivity index (χ1) is 21.2. The zero-order valence-electron chi connectivity index (χ0n) is 24.8. The average molecular weight is 609 g/mol. The molecule has 3 aliphatic rings. The van der Waals surface area contributed by atoms with Crippen molar-refractivity contribution in [2.75, 3.05) is 26.2 Å². The second-order valence-corrected chi connectivity index (χ2v) is 11.1. The van der Waals surface area contributed by atoms with Gasteiger partial charge in [0.25, 0.3) is 0 Å². The van der Waals surface area contributed by atoms with Crippen LogP contribution in [0, 0.1) is 11.8 Å². The number of hydrogen-bond donors (Lipinski definition) is 4. The Morgan fingerprint density at radius 3 is 2.45 bits per heavy atom. The first-order valence-corrected chi connectivity index (χ1v) is 15.0. The van der Waals surface area contributed by atoms with E-state index in [1.54, 1.807) is 12.1 Å². The van der Waals surface area contributed by atoms with Crippen LogP contribution in [0.5, 0.6) is 5.75 Å². The van der Waals surface area contributed by atoms with E-state index < -0.39 is 41.8 Å². The van der Waals surface area contributed by atoms with E-state index in [2.05, 4.69) is 16.0 Å². The molecule has 3 heterocycles. The summed E-state index contributed by atoms with van der Waals surface area (Å²) in [4.78, 5) is 65.0. The fourth-order valence-corrected chi connectivity index (χ4v) is 5.67. The highest BCUT2D eigenvalue weighted by molar-refractivity contribution is 5.93. The van der Waals surface area contributed by atoms with Gasteiger partial charge in [0.05, 0.1) is 25.0 Å². The van der Waals surface area contributed by atoms with Crippen LogP contribution in [0.25, 0.3) is 0 Å². The molecule has 1 saturated heterocycles. The van der Waals surface area contributed by atoms with E-state index in [-0.39, 0.29) is 44.5 Å². The van der Waals surface area contributed by atoms with Gasteiger partial charge >= 0.3 is 12.1 Å². The van der Waals surface area contributed by atoms with Gasteiger partial charge in [0, 0.05) is 25.6 Å². The molecule has 2 unspecified atom stereocenters. The summed E-state index contributed by atoms with van der Waals surface area (Å²) in [6.07, 6.45) is 1.18. The quantitative estimate of drug-likeness (QED) is 0.299. The zero-order valence-corrected chi connectivity index (χ0v) is 24.8. The van der Waals surface area contributed by atoms with Crippen LogP contribution >= 0.6 is 0 Å². The monoisotopic (exact) mass is 608 g/mol. The van der Waals surface area contributed by atoms with E-state index in [4.69, 9.17) is 9.47 Å². The second kappa shape index (κ2) is 15.7. The number of alkyl carbamates (subject to hydrolysis) is 1. The standard InChI is InChI=1S/C32H40N4O8/c1-21-17-26-25(31(40)41)9-5-16-43-24-12-10-22(11-13-24)18-27(36(21)30(26)39)29(38)35-19-28(37)33-14-6-15-34-32(42)44-20-23-7-3-2-4-8-23/h2-4,7-8,10-13,21,25-27H,5-6,9,14-20H2,1H3,(H,33,37)(H,34,42)(H,35,38)(H,40,41)/t21?,25-,26+,27?/m0/s1. The molecular weight excluding hydrogens is 568 g/mol. The van der Waals surface area contributed by atoms with Crippen LogP contribution in [0.4, 0.5) is 4.79 Å². The topological polar surface area (TPSA) is 163 Å². The van der Waals surface area contributed by atoms with Gasteiger partial charge in [0.15, 0.2) is 0 Å². The summed E-state index contributed by atoms with van der Waals surface area (Å²) in [6.45, 7) is 2.58. The Morgan fingerprint density at radius 1 is 1.00 bits per heavy atom. The molecule has 0 saturated carbocycles. The molecule has 1 fully saturated rings. The predicted octanol–water partition coefficient (Wildman–Crippen LogP) is 2.26. The summed E-state index contributed by atoms with van der Waals surface area (Å²) in [5.41, 5.74) is 1.67. The normalized spacial score (nSPS) is 21.5. The predicted molar refractivity (Wildman–Crippen MR) is 159 cm³/mol. The third kappa shape index (κ3) is 8.95. The largest absolute Gasteiger partial charge is 0.494 e. The van der Waals surface area contributed by atoms with Crippen LogP contribution in [0.15, 0.2) is 54.6 Å². The summed E-state index contributed by atoms with van der Waals surface area (Å²) in [7, 11) is 0. The van der Waals surface area contributed by atoms with Gasteiger partial charge in [-0.1, -0.05) is 42.5 Å². The molecule has 2 aromatic rings. The number of benzene rings is 2. The first-order valence-electron chi connectivity index (χ1n) is 15.0. The molecular formula is C32H40N4O8. The van der Waals surface area contributed by atoms with Crippen LogP contribution in [0.2, 0.25) is 0 Å². The van der Waals surface area contributed by atoms with Crippen LogP contribution in [0.3, 0.4) is 0 Å². The molecule has 4 atom stereocenters. The summed E-state index contributed by atoms with van der Waals surface area (Å²) in [5.74, 6) is -3.29. The number of carboxylic acids is 1. The van der Waals surface area contributed by atoms with Gasteiger partial charge in [-0.05, 0) is 55.9 Å². The second-order valence-electron chi connectivity index (χ2n) is 11.1. The third-order valence-corrected chi connectivity index (χ3v) is 7.94. The zero-order chi connectivity index (χ0) is 31.5. The van der Waals surface area contributed by atoms with Crippen molar-refractivity contribution < 1.29 is 38.6 Å². The van der Waals surface area contributed by atoms with Crippen molar-refractivity contribution in [3.8, 4) is 5.75 Å². The van der Waals surface area contributed by atoms with Crippen molar-refractivity contribution in [1.82, 2.24) is 20.9 Å². The Balaban J connectivity index is 1.29. The lowest BCUT2D eigenvalue weighted by molar-refractivity contribution is -0.149. The van der Waals surface area contributed by atoms with Crippen molar-refractivity contribution in [3.63, 3.8) is 0 Å². The van der Waals surface area contributed by atoms with Crippen molar-refractivity contribution in [1.29, 1.82) is 0 Å². The van der Waals surface area contributed by atoms with Crippen LogP contribution < -0.4 is 20.7 Å². The number of amides is 4. The Hall–Kier alpha value is -4.61. The lowest BCUT2D eigenvalue weighted by Crippen LogP contribution is -2.53. The molecule has 5 rings (SSSR count). The van der Waals surface area contributed by atoms with Crippen LogP contribution in [0.1, 0.15) is 43.7 Å². The summed E-state index contributed by atoms with van der Waals surface area (Å²) in [5, 5.41) is 17.9. The number of hydrogen-bond acceptors (Lipinski definition) is 7. The van der Waals surface area contributed by atoms with Crippen molar-refractivity contribution in [3.05, 3.63) is 65.7 Å². The molecule has 2 aromatic carbocycles. The minimum absolute atomic E-state index is 0.159. The molecule has 0 radical (unpaired) electrons. The van der Waals surface area contributed by atoms with Crippen LogP contribution in [-0.4, -0.2) is 78.1 Å². The molecule has 44 heavy (non-hydrogen) atoms. The number of rotatable bonds is 10. The Morgan fingerprint density at radius 2 is 1.73 bits per heavy atom. The summed E-state index contributed by atoms with van der Waals surface area (Å²) >= 11 is 0. The third-order valence-electron chi connectivity index (χ3n) is 7.94. The number of fused-ring (bicyclic) bond motifs is 7. The Kier molecular flexibility index (Phi) is 11.6. The van der Waals surface area contributed by atoms with Gasteiger partial charge in [-0.3, -0.25) is 19.2 Å². The van der Waals surface area contributed by atoms with E-state index in [9.17, 15) is 29.1 Å².